The molecule has 2 saturated heterocycles. The maximum Gasteiger partial charge on any atom is 0.265 e. The van der Waals surface area contributed by atoms with E-state index in [4.69, 9.17) is 0 Å². The number of nitrogens with zero attached hydrogens (tertiary/aromatic N) is 3. The maximum absolute atomic E-state index is 13.2. The molecular formula is C20H27N3O3S3. The minimum absolute atomic E-state index is 0.0472. The van der Waals surface area contributed by atoms with E-state index in [9.17, 15) is 13.2 Å². The molecule has 4 rings (SSSR count). The van der Waals surface area contributed by atoms with Crippen molar-refractivity contribution >= 4 is 38.6 Å². The summed E-state index contributed by atoms with van der Waals surface area (Å²) in [4.78, 5) is 19.9. The lowest BCUT2D eigenvalue weighted by Crippen LogP contribution is -2.42. The van der Waals surface area contributed by atoms with E-state index in [-0.39, 0.29) is 11.9 Å². The zero-order chi connectivity index (χ0) is 20.6. The zero-order valence-electron chi connectivity index (χ0n) is 16.9. The van der Waals surface area contributed by atoms with Crippen molar-refractivity contribution in [2.24, 2.45) is 0 Å². The summed E-state index contributed by atoms with van der Waals surface area (Å²) in [5.74, 6) is 0.0472. The molecule has 2 aliphatic rings. The highest BCUT2D eigenvalue weighted by molar-refractivity contribution is 7.91. The Labute approximate surface area is 180 Å². The highest BCUT2D eigenvalue weighted by Crippen LogP contribution is 2.36. The number of aryl methyl sites for hydroxylation is 1. The number of carbonyl (C=O) groups is 1. The topological polar surface area (TPSA) is 70.6 Å². The minimum atomic E-state index is -3.49. The van der Waals surface area contributed by atoms with Gasteiger partial charge in [0.05, 0.1) is 5.69 Å². The quantitative estimate of drug-likeness (QED) is 0.674. The molecule has 0 saturated carbocycles. The highest BCUT2D eigenvalue weighted by atomic mass is 32.2. The summed E-state index contributed by atoms with van der Waals surface area (Å²) in [5.41, 5.74) is 1.51. The molecule has 9 heteroatoms. The van der Waals surface area contributed by atoms with E-state index in [0.717, 1.165) is 62.9 Å². The molecule has 29 heavy (non-hydrogen) atoms. The van der Waals surface area contributed by atoms with E-state index in [1.54, 1.807) is 10.4 Å². The van der Waals surface area contributed by atoms with Crippen molar-refractivity contribution in [2.75, 3.05) is 19.6 Å². The Morgan fingerprint density at radius 3 is 2.66 bits per heavy atom. The second-order valence-electron chi connectivity index (χ2n) is 7.76. The van der Waals surface area contributed by atoms with Gasteiger partial charge in [-0.2, -0.15) is 4.31 Å². The smallest absolute Gasteiger partial charge is 0.265 e. The summed E-state index contributed by atoms with van der Waals surface area (Å²) < 4.78 is 28.5. The van der Waals surface area contributed by atoms with Crippen LogP contribution in [0.1, 0.15) is 60.8 Å². The summed E-state index contributed by atoms with van der Waals surface area (Å²) in [5, 5.41) is 2.56. The molecule has 0 radical (unpaired) electrons. The number of aromatic nitrogens is 1. The largest absolute Gasteiger partial charge is 0.338 e. The van der Waals surface area contributed by atoms with Gasteiger partial charge in [-0.25, -0.2) is 13.4 Å². The first-order valence-electron chi connectivity index (χ1n) is 10.3. The zero-order valence-corrected chi connectivity index (χ0v) is 19.3. The van der Waals surface area contributed by atoms with Gasteiger partial charge < -0.3 is 4.90 Å². The molecule has 0 aliphatic carbocycles. The van der Waals surface area contributed by atoms with Crippen LogP contribution in [0.5, 0.6) is 0 Å². The fraction of sp³-hybridized carbons (Fsp3) is 0.600. The van der Waals surface area contributed by atoms with Crippen LogP contribution in [-0.2, 0) is 10.0 Å². The number of piperidine rings is 1. The van der Waals surface area contributed by atoms with Gasteiger partial charge in [0.2, 0.25) is 0 Å². The van der Waals surface area contributed by atoms with E-state index in [1.165, 1.54) is 22.7 Å². The molecule has 6 nitrogen and oxygen atoms in total. The van der Waals surface area contributed by atoms with E-state index in [1.807, 2.05) is 17.2 Å². The molecule has 0 N–H and O–H groups in total. The van der Waals surface area contributed by atoms with Gasteiger partial charge in [-0.15, -0.1) is 22.7 Å². The van der Waals surface area contributed by atoms with Crippen LogP contribution in [0.4, 0.5) is 0 Å². The van der Waals surface area contributed by atoms with Crippen molar-refractivity contribution in [1.29, 1.82) is 0 Å². The number of hydrogen-bond acceptors (Lipinski definition) is 6. The second kappa shape index (κ2) is 8.45. The SMILES string of the molecule is CC[C@H]1CCCCN1S(=O)(=O)c1cc(-c2nc(C)c(C(=O)N3CCCC3)s2)cs1. The van der Waals surface area contributed by atoms with Crippen LogP contribution < -0.4 is 0 Å². The molecule has 2 aromatic heterocycles. The van der Waals surface area contributed by atoms with Crippen LogP contribution in [0.3, 0.4) is 0 Å². The molecule has 0 spiro atoms. The first-order valence-corrected chi connectivity index (χ1v) is 13.4. The van der Waals surface area contributed by atoms with Gasteiger partial charge in [0.15, 0.2) is 0 Å². The third-order valence-corrected chi connectivity index (χ3v) is 10.4. The number of thiazole rings is 1. The van der Waals surface area contributed by atoms with Crippen LogP contribution in [0.15, 0.2) is 15.7 Å². The van der Waals surface area contributed by atoms with Gasteiger partial charge in [-0.05, 0) is 45.1 Å². The Hall–Kier alpha value is -1.29. The normalized spacial score (nSPS) is 21.0. The second-order valence-corrected chi connectivity index (χ2v) is 11.8. The van der Waals surface area contributed by atoms with E-state index >= 15 is 0 Å². The van der Waals surface area contributed by atoms with E-state index < -0.39 is 10.0 Å². The number of thiophene rings is 1. The molecule has 2 fully saturated rings. The molecule has 158 valence electrons. The standard InChI is InChI=1S/C20H27N3O3S3/c1-3-16-8-4-5-11-23(16)29(25,26)17-12-15(13-27-17)19-21-14(2)18(28-19)20(24)22-9-6-7-10-22/h12-13,16H,3-11H2,1-2H3/t16-/m0/s1. The Morgan fingerprint density at radius 1 is 1.21 bits per heavy atom. The average molecular weight is 454 g/mol. The van der Waals surface area contributed by atoms with Gasteiger partial charge >= 0.3 is 0 Å². The summed E-state index contributed by atoms with van der Waals surface area (Å²) in [6.07, 6.45) is 5.88. The lowest BCUT2D eigenvalue weighted by molar-refractivity contribution is 0.0796. The lowest BCUT2D eigenvalue weighted by Gasteiger charge is -2.33. The van der Waals surface area contributed by atoms with Crippen molar-refractivity contribution in [2.45, 2.75) is 62.6 Å². The predicted octanol–water partition coefficient (Wildman–Crippen LogP) is 4.37. The Morgan fingerprint density at radius 2 is 1.93 bits per heavy atom. The molecule has 0 unspecified atom stereocenters. The Kier molecular flexibility index (Phi) is 6.11. The molecule has 2 aromatic rings. The van der Waals surface area contributed by atoms with Crippen LogP contribution in [-0.4, -0.2) is 54.2 Å². The Balaban J connectivity index is 1.59. The highest BCUT2D eigenvalue weighted by Gasteiger charge is 2.34. The summed E-state index contributed by atoms with van der Waals surface area (Å²) in [6.45, 7) is 6.11. The Bertz CT molecular complexity index is 990. The summed E-state index contributed by atoms with van der Waals surface area (Å²) in [7, 11) is -3.49. The van der Waals surface area contributed by atoms with Crippen molar-refractivity contribution in [1.82, 2.24) is 14.2 Å². The fourth-order valence-corrected chi connectivity index (χ4v) is 8.32. The molecule has 0 aromatic carbocycles. The van der Waals surface area contributed by atoms with Crippen LogP contribution in [0.25, 0.3) is 10.6 Å². The van der Waals surface area contributed by atoms with Gasteiger partial charge in [0, 0.05) is 36.6 Å². The third kappa shape index (κ3) is 4.02. The molecule has 2 aliphatic heterocycles. The van der Waals surface area contributed by atoms with Crippen molar-refractivity contribution < 1.29 is 13.2 Å². The number of likely N-dealkylation sites (tertiary alicyclic amines) is 1. The average Bonchev–Trinajstić information content (AvgIpc) is 3.47. The number of rotatable bonds is 5. The van der Waals surface area contributed by atoms with Crippen molar-refractivity contribution in [3.8, 4) is 10.6 Å². The van der Waals surface area contributed by atoms with Crippen molar-refractivity contribution in [3.05, 3.63) is 22.0 Å². The van der Waals surface area contributed by atoms with E-state index in [0.29, 0.717) is 20.6 Å². The van der Waals surface area contributed by atoms with Gasteiger partial charge in [0.25, 0.3) is 15.9 Å². The van der Waals surface area contributed by atoms with Crippen LogP contribution >= 0.6 is 22.7 Å². The first kappa shape index (κ1) is 21.0. The van der Waals surface area contributed by atoms with Gasteiger partial charge in [0.1, 0.15) is 14.1 Å². The van der Waals surface area contributed by atoms with Crippen molar-refractivity contribution in [3.63, 3.8) is 0 Å². The van der Waals surface area contributed by atoms with E-state index in [2.05, 4.69) is 11.9 Å². The number of carbonyl (C=O) groups excluding carboxylic acids is 1. The monoisotopic (exact) mass is 453 g/mol. The minimum Gasteiger partial charge on any atom is -0.338 e. The summed E-state index contributed by atoms with van der Waals surface area (Å²) in [6, 6.07) is 1.81. The van der Waals surface area contributed by atoms with Gasteiger partial charge in [-0.3, -0.25) is 4.79 Å². The molecule has 0 bridgehead atoms. The molecule has 1 amide bonds. The number of hydrogen-bond donors (Lipinski definition) is 0. The van der Waals surface area contributed by atoms with Gasteiger partial charge in [-0.1, -0.05) is 13.3 Å². The molecule has 1 atom stereocenters. The number of sulfonamides is 1. The van der Waals surface area contributed by atoms with Crippen LogP contribution in [0, 0.1) is 6.92 Å². The third-order valence-electron chi connectivity index (χ3n) is 5.81. The molecule has 4 heterocycles. The predicted molar refractivity (Wildman–Crippen MR) is 117 cm³/mol. The van der Waals surface area contributed by atoms with Crippen LogP contribution in [0.2, 0.25) is 0 Å². The summed E-state index contributed by atoms with van der Waals surface area (Å²) >= 11 is 2.62. The fourth-order valence-electron chi connectivity index (χ4n) is 4.16. The lowest BCUT2D eigenvalue weighted by atomic mass is 10.0. The molecular weight excluding hydrogens is 426 g/mol. The maximum atomic E-state index is 13.2. The number of amides is 1. The first-order chi connectivity index (χ1) is 13.9.